The molecular formula is C16H29N3O4. The number of carbonyl (C=O) groups excluding carboxylic acids is 2. The van der Waals surface area contributed by atoms with E-state index in [1.165, 1.54) is 0 Å². The van der Waals surface area contributed by atoms with Crippen LogP contribution in [0.4, 0.5) is 0 Å². The van der Waals surface area contributed by atoms with Crippen molar-refractivity contribution < 1.29 is 19.1 Å². The zero-order valence-electron chi connectivity index (χ0n) is 14.1. The van der Waals surface area contributed by atoms with E-state index in [1.807, 2.05) is 11.8 Å². The van der Waals surface area contributed by atoms with Gasteiger partial charge in [-0.1, -0.05) is 0 Å². The van der Waals surface area contributed by atoms with Gasteiger partial charge in [0, 0.05) is 32.8 Å². The third-order valence-corrected chi connectivity index (χ3v) is 4.79. The number of ether oxygens (including phenoxy) is 2. The van der Waals surface area contributed by atoms with Gasteiger partial charge >= 0.3 is 0 Å². The summed E-state index contributed by atoms with van der Waals surface area (Å²) in [7, 11) is 1.60. The molecule has 132 valence electrons. The number of carbonyl (C=O) groups is 2. The van der Waals surface area contributed by atoms with E-state index in [2.05, 4.69) is 5.32 Å². The van der Waals surface area contributed by atoms with Crippen LogP contribution in [0, 0.1) is 5.92 Å². The molecule has 2 fully saturated rings. The van der Waals surface area contributed by atoms with Crippen molar-refractivity contribution in [3.63, 3.8) is 0 Å². The molecule has 0 aromatic carbocycles. The first kappa shape index (κ1) is 18.2. The smallest absolute Gasteiger partial charge is 0.251 e. The van der Waals surface area contributed by atoms with Gasteiger partial charge in [-0.3, -0.25) is 9.59 Å². The summed E-state index contributed by atoms with van der Waals surface area (Å²) in [4.78, 5) is 26.7. The molecule has 2 unspecified atom stereocenters. The second-order valence-corrected chi connectivity index (χ2v) is 6.46. The number of piperidine rings is 1. The van der Waals surface area contributed by atoms with Gasteiger partial charge in [-0.25, -0.2) is 0 Å². The van der Waals surface area contributed by atoms with Gasteiger partial charge in [-0.05, 0) is 32.6 Å². The van der Waals surface area contributed by atoms with Gasteiger partial charge in [-0.2, -0.15) is 0 Å². The Hall–Kier alpha value is -1.18. The minimum absolute atomic E-state index is 0.000995. The summed E-state index contributed by atoms with van der Waals surface area (Å²) in [6, 6.07) is 0.144. The van der Waals surface area contributed by atoms with Crippen LogP contribution >= 0.6 is 0 Å². The largest absolute Gasteiger partial charge is 0.383 e. The number of methoxy groups -OCH3 is 1. The van der Waals surface area contributed by atoms with Crippen molar-refractivity contribution in [1.29, 1.82) is 0 Å². The van der Waals surface area contributed by atoms with Crippen LogP contribution < -0.4 is 11.1 Å². The van der Waals surface area contributed by atoms with Crippen molar-refractivity contribution in [3.05, 3.63) is 0 Å². The molecule has 0 radical (unpaired) electrons. The zero-order chi connectivity index (χ0) is 16.8. The number of nitrogens with two attached hydrogens (primary N) is 1. The monoisotopic (exact) mass is 327 g/mol. The van der Waals surface area contributed by atoms with Gasteiger partial charge in [0.15, 0.2) is 0 Å². The molecule has 23 heavy (non-hydrogen) atoms. The van der Waals surface area contributed by atoms with Crippen LogP contribution in [-0.2, 0) is 19.1 Å². The minimum atomic E-state index is -0.402. The maximum Gasteiger partial charge on any atom is 0.251 e. The molecule has 2 heterocycles. The van der Waals surface area contributed by atoms with E-state index in [0.717, 1.165) is 19.3 Å². The van der Waals surface area contributed by atoms with Crippen LogP contribution in [0.1, 0.15) is 32.6 Å². The van der Waals surface area contributed by atoms with Gasteiger partial charge < -0.3 is 25.4 Å². The Bertz CT molecular complexity index is 418. The Kier molecular flexibility index (Phi) is 6.80. The Morgan fingerprint density at radius 3 is 2.74 bits per heavy atom. The molecule has 0 bridgehead atoms. The van der Waals surface area contributed by atoms with Gasteiger partial charge in [0.05, 0.1) is 18.6 Å². The van der Waals surface area contributed by atoms with Crippen molar-refractivity contribution in [1.82, 2.24) is 10.2 Å². The van der Waals surface area contributed by atoms with Crippen LogP contribution in [-0.4, -0.2) is 68.3 Å². The first-order valence-corrected chi connectivity index (χ1v) is 8.49. The second-order valence-electron chi connectivity index (χ2n) is 6.46. The van der Waals surface area contributed by atoms with Gasteiger partial charge in [0.2, 0.25) is 5.91 Å². The lowest BCUT2D eigenvalue weighted by molar-refractivity contribution is -0.148. The van der Waals surface area contributed by atoms with Crippen LogP contribution in [0.3, 0.4) is 0 Å². The third-order valence-electron chi connectivity index (χ3n) is 4.79. The first-order valence-electron chi connectivity index (χ1n) is 8.49. The molecule has 0 aromatic heterocycles. The molecule has 3 N–H and O–H groups in total. The third kappa shape index (κ3) is 4.65. The number of hydrogen-bond donors (Lipinski definition) is 2. The predicted octanol–water partition coefficient (Wildman–Crippen LogP) is -0.118. The summed E-state index contributed by atoms with van der Waals surface area (Å²) in [5.41, 5.74) is 5.61. The summed E-state index contributed by atoms with van der Waals surface area (Å²) in [6.07, 6.45) is 2.77. The van der Waals surface area contributed by atoms with Gasteiger partial charge in [-0.15, -0.1) is 0 Å². The molecule has 2 saturated heterocycles. The maximum absolute atomic E-state index is 12.7. The summed E-state index contributed by atoms with van der Waals surface area (Å²) < 4.78 is 10.7. The van der Waals surface area contributed by atoms with E-state index in [4.69, 9.17) is 15.2 Å². The number of nitrogens with one attached hydrogen (secondary N) is 1. The fraction of sp³-hybridized carbons (Fsp3) is 0.875. The van der Waals surface area contributed by atoms with E-state index >= 15 is 0 Å². The fourth-order valence-electron chi connectivity index (χ4n) is 3.29. The molecule has 0 aliphatic carbocycles. The average Bonchev–Trinajstić information content (AvgIpc) is 3.04. The van der Waals surface area contributed by atoms with Crippen molar-refractivity contribution in [2.45, 2.75) is 50.9 Å². The van der Waals surface area contributed by atoms with Crippen LogP contribution in [0.2, 0.25) is 0 Å². The van der Waals surface area contributed by atoms with E-state index in [-0.39, 0.29) is 29.9 Å². The lowest BCUT2D eigenvalue weighted by Crippen LogP contribution is -2.52. The number of hydrogen-bond acceptors (Lipinski definition) is 5. The Labute approximate surface area is 137 Å². The SMILES string of the molecule is COCCNC(=O)C1CCC(C)N(C(=O)[C@@H]2CC[C@H](CN)O2)C1. The molecule has 7 nitrogen and oxygen atoms in total. The van der Waals surface area contributed by atoms with Crippen molar-refractivity contribution in [3.8, 4) is 0 Å². The lowest BCUT2D eigenvalue weighted by Gasteiger charge is -2.38. The van der Waals surface area contributed by atoms with Crippen LogP contribution in [0.25, 0.3) is 0 Å². The number of rotatable bonds is 6. The summed E-state index contributed by atoms with van der Waals surface area (Å²) in [5, 5.41) is 2.86. The summed E-state index contributed by atoms with van der Waals surface area (Å²) in [6.45, 7) is 3.94. The quantitative estimate of drug-likeness (QED) is 0.664. The van der Waals surface area contributed by atoms with E-state index < -0.39 is 6.10 Å². The Balaban J connectivity index is 1.90. The molecule has 0 aromatic rings. The van der Waals surface area contributed by atoms with Crippen LogP contribution in [0.5, 0.6) is 0 Å². The highest BCUT2D eigenvalue weighted by Crippen LogP contribution is 2.27. The van der Waals surface area contributed by atoms with E-state index in [1.54, 1.807) is 7.11 Å². The second kappa shape index (κ2) is 8.61. The van der Waals surface area contributed by atoms with Gasteiger partial charge in [0.1, 0.15) is 6.10 Å². The van der Waals surface area contributed by atoms with E-state index in [9.17, 15) is 9.59 Å². The highest BCUT2D eigenvalue weighted by atomic mass is 16.5. The molecule has 4 atom stereocenters. The topological polar surface area (TPSA) is 93.9 Å². The molecule has 2 aliphatic rings. The molecule has 7 heteroatoms. The number of nitrogens with zero attached hydrogens (tertiary/aromatic N) is 1. The normalized spacial score (nSPS) is 31.2. The molecule has 2 amide bonds. The molecule has 0 saturated carbocycles. The van der Waals surface area contributed by atoms with E-state index in [0.29, 0.717) is 32.7 Å². The standard InChI is InChI=1S/C16H29N3O4/c1-11-3-4-12(15(20)18-7-8-22-2)10-19(11)16(21)14-6-5-13(9-17)23-14/h11-14H,3-10,17H2,1-2H3,(H,18,20)/t11?,12?,13-,14+/m1/s1. The highest BCUT2D eigenvalue weighted by molar-refractivity contribution is 5.84. The highest BCUT2D eigenvalue weighted by Gasteiger charge is 2.38. The Morgan fingerprint density at radius 2 is 2.09 bits per heavy atom. The average molecular weight is 327 g/mol. The molecule has 2 rings (SSSR count). The molecular weight excluding hydrogens is 298 g/mol. The predicted molar refractivity (Wildman–Crippen MR) is 85.7 cm³/mol. The fourth-order valence-corrected chi connectivity index (χ4v) is 3.29. The zero-order valence-corrected chi connectivity index (χ0v) is 14.1. The van der Waals surface area contributed by atoms with Crippen LogP contribution in [0.15, 0.2) is 0 Å². The van der Waals surface area contributed by atoms with Crippen molar-refractivity contribution >= 4 is 11.8 Å². The summed E-state index contributed by atoms with van der Waals surface area (Å²) in [5.74, 6) is -0.152. The molecule has 0 spiro atoms. The molecule has 2 aliphatic heterocycles. The summed E-state index contributed by atoms with van der Waals surface area (Å²) >= 11 is 0. The van der Waals surface area contributed by atoms with Crippen molar-refractivity contribution in [2.24, 2.45) is 11.7 Å². The number of amides is 2. The van der Waals surface area contributed by atoms with Crippen molar-refractivity contribution in [2.75, 3.05) is 33.4 Å². The maximum atomic E-state index is 12.7. The number of likely N-dealkylation sites (tertiary alicyclic amines) is 1. The minimum Gasteiger partial charge on any atom is -0.383 e. The van der Waals surface area contributed by atoms with Gasteiger partial charge in [0.25, 0.3) is 5.91 Å². The first-order chi connectivity index (χ1) is 11.1. The Morgan fingerprint density at radius 1 is 1.30 bits per heavy atom. The lowest BCUT2D eigenvalue weighted by atomic mass is 9.92.